The van der Waals surface area contributed by atoms with Gasteiger partial charge in [0.1, 0.15) is 17.5 Å². The maximum Gasteiger partial charge on any atom is 0.159 e. The van der Waals surface area contributed by atoms with Crippen LogP contribution < -0.4 is 10.2 Å². The van der Waals surface area contributed by atoms with E-state index in [0.29, 0.717) is 5.56 Å². The highest BCUT2D eigenvalue weighted by Gasteiger charge is 2.07. The van der Waals surface area contributed by atoms with E-state index in [1.54, 1.807) is 6.92 Å². The molecule has 1 aromatic carbocycles. The van der Waals surface area contributed by atoms with Crippen LogP contribution in [0.2, 0.25) is 0 Å². The summed E-state index contributed by atoms with van der Waals surface area (Å²) in [6, 6.07) is 9.34. The molecule has 0 unspecified atom stereocenters. The van der Waals surface area contributed by atoms with Crippen molar-refractivity contribution in [2.75, 3.05) is 23.8 Å². The third-order valence-corrected chi connectivity index (χ3v) is 3.63. The van der Waals surface area contributed by atoms with Gasteiger partial charge >= 0.3 is 0 Å². The summed E-state index contributed by atoms with van der Waals surface area (Å²) in [6.07, 6.45) is 2.29. The van der Waals surface area contributed by atoms with Crippen molar-refractivity contribution in [3.63, 3.8) is 0 Å². The maximum absolute atomic E-state index is 11.3. The molecule has 0 radical (unpaired) electrons. The molecule has 0 saturated heterocycles. The van der Waals surface area contributed by atoms with E-state index in [9.17, 15) is 4.79 Å². The predicted octanol–water partition coefficient (Wildman–Crippen LogP) is 3.97. The number of rotatable bonds is 7. The van der Waals surface area contributed by atoms with Crippen molar-refractivity contribution in [1.82, 2.24) is 9.97 Å². The van der Waals surface area contributed by atoms with Crippen LogP contribution >= 0.6 is 0 Å². The minimum absolute atomic E-state index is 0.0641. The van der Waals surface area contributed by atoms with Gasteiger partial charge in [0.2, 0.25) is 0 Å². The second-order valence-corrected chi connectivity index (χ2v) is 5.69. The number of hydrogen-bond acceptors (Lipinski definition) is 5. The fourth-order valence-electron chi connectivity index (χ4n) is 2.26. The van der Waals surface area contributed by atoms with Crippen LogP contribution in [0.1, 0.15) is 42.9 Å². The quantitative estimate of drug-likeness (QED) is 0.784. The summed E-state index contributed by atoms with van der Waals surface area (Å²) in [4.78, 5) is 22.4. The Morgan fingerprint density at radius 1 is 1.22 bits per heavy atom. The van der Waals surface area contributed by atoms with E-state index < -0.39 is 0 Å². The lowest BCUT2D eigenvalue weighted by Gasteiger charge is -2.19. The molecule has 5 heteroatoms. The minimum atomic E-state index is 0.0641. The van der Waals surface area contributed by atoms with Crippen LogP contribution in [0.3, 0.4) is 0 Å². The molecule has 0 spiro atoms. The molecule has 0 saturated carbocycles. The lowest BCUT2D eigenvalue weighted by atomic mass is 10.1. The maximum atomic E-state index is 11.3. The predicted molar refractivity (Wildman–Crippen MR) is 94.7 cm³/mol. The molecule has 122 valence electrons. The van der Waals surface area contributed by atoms with Crippen LogP contribution in [-0.4, -0.2) is 29.3 Å². The fourth-order valence-corrected chi connectivity index (χ4v) is 2.26. The van der Waals surface area contributed by atoms with Crippen molar-refractivity contribution in [3.05, 3.63) is 41.7 Å². The molecule has 0 amide bonds. The van der Waals surface area contributed by atoms with Crippen molar-refractivity contribution in [2.45, 2.75) is 33.6 Å². The van der Waals surface area contributed by atoms with Gasteiger partial charge in [0.15, 0.2) is 5.78 Å². The summed E-state index contributed by atoms with van der Waals surface area (Å²) in [7, 11) is 2.04. The molecule has 2 rings (SSSR count). The van der Waals surface area contributed by atoms with Gasteiger partial charge in [-0.05, 0) is 44.5 Å². The summed E-state index contributed by atoms with van der Waals surface area (Å²) in [5, 5.41) is 3.27. The molecule has 23 heavy (non-hydrogen) atoms. The number of Topliss-reactive ketones (excluding diaryl/α,β-unsaturated/α-hetero) is 1. The number of anilines is 3. The van der Waals surface area contributed by atoms with Crippen molar-refractivity contribution in [2.24, 2.45) is 0 Å². The number of aryl methyl sites for hydroxylation is 1. The second-order valence-electron chi connectivity index (χ2n) is 5.69. The molecule has 1 N–H and O–H groups in total. The van der Waals surface area contributed by atoms with Gasteiger partial charge in [-0.1, -0.05) is 13.3 Å². The Bertz CT molecular complexity index is 667. The van der Waals surface area contributed by atoms with Gasteiger partial charge in [-0.3, -0.25) is 4.79 Å². The van der Waals surface area contributed by atoms with Gasteiger partial charge in [-0.15, -0.1) is 0 Å². The van der Waals surface area contributed by atoms with Crippen LogP contribution in [0.4, 0.5) is 17.3 Å². The molecule has 0 atom stereocenters. The van der Waals surface area contributed by atoms with E-state index in [-0.39, 0.29) is 5.78 Å². The van der Waals surface area contributed by atoms with Gasteiger partial charge in [0.25, 0.3) is 0 Å². The standard InChI is InChI=1S/C18H24N4O/c1-5-6-11-22(4)18-12-17(19-14(3)20-18)21-16-9-7-15(8-10-16)13(2)23/h7-10,12H,5-6,11H2,1-4H3,(H,19,20,21). The molecule has 0 aliphatic heterocycles. The summed E-state index contributed by atoms with van der Waals surface area (Å²) >= 11 is 0. The van der Waals surface area contributed by atoms with Gasteiger partial charge < -0.3 is 10.2 Å². The van der Waals surface area contributed by atoms with E-state index in [1.165, 1.54) is 0 Å². The molecular weight excluding hydrogens is 288 g/mol. The lowest BCUT2D eigenvalue weighted by Crippen LogP contribution is -2.20. The first-order valence-electron chi connectivity index (χ1n) is 7.94. The Morgan fingerprint density at radius 2 is 1.91 bits per heavy atom. The van der Waals surface area contributed by atoms with Gasteiger partial charge in [-0.2, -0.15) is 0 Å². The number of benzene rings is 1. The molecule has 0 aliphatic carbocycles. The normalized spacial score (nSPS) is 10.4. The van der Waals surface area contributed by atoms with Crippen LogP contribution in [0.15, 0.2) is 30.3 Å². The number of carbonyl (C=O) groups is 1. The smallest absolute Gasteiger partial charge is 0.159 e. The largest absolute Gasteiger partial charge is 0.360 e. The minimum Gasteiger partial charge on any atom is -0.360 e. The molecule has 2 aromatic rings. The van der Waals surface area contributed by atoms with E-state index in [2.05, 4.69) is 27.1 Å². The van der Waals surface area contributed by atoms with E-state index in [1.807, 2.05) is 44.3 Å². The summed E-state index contributed by atoms with van der Waals surface area (Å²) < 4.78 is 0. The Morgan fingerprint density at radius 3 is 2.52 bits per heavy atom. The summed E-state index contributed by atoms with van der Waals surface area (Å²) in [5.41, 5.74) is 1.60. The highest BCUT2D eigenvalue weighted by atomic mass is 16.1. The monoisotopic (exact) mass is 312 g/mol. The molecule has 0 aliphatic rings. The van der Waals surface area contributed by atoms with E-state index >= 15 is 0 Å². The van der Waals surface area contributed by atoms with Crippen molar-refractivity contribution in [1.29, 1.82) is 0 Å². The number of nitrogens with one attached hydrogen (secondary N) is 1. The van der Waals surface area contributed by atoms with Crippen molar-refractivity contribution in [3.8, 4) is 0 Å². The van der Waals surface area contributed by atoms with Gasteiger partial charge in [-0.25, -0.2) is 9.97 Å². The Balaban J connectivity index is 2.16. The number of unbranched alkanes of at least 4 members (excludes halogenated alkanes) is 1. The van der Waals surface area contributed by atoms with Crippen LogP contribution in [0, 0.1) is 6.92 Å². The second kappa shape index (κ2) is 7.72. The Labute approximate surface area is 137 Å². The Hall–Kier alpha value is -2.43. The average molecular weight is 312 g/mol. The highest BCUT2D eigenvalue weighted by molar-refractivity contribution is 5.94. The first-order valence-corrected chi connectivity index (χ1v) is 7.94. The number of aromatic nitrogens is 2. The number of ketones is 1. The fraction of sp³-hybridized carbons (Fsp3) is 0.389. The number of carbonyl (C=O) groups excluding carboxylic acids is 1. The SMILES string of the molecule is CCCCN(C)c1cc(Nc2ccc(C(C)=O)cc2)nc(C)n1. The topological polar surface area (TPSA) is 58.1 Å². The highest BCUT2D eigenvalue weighted by Crippen LogP contribution is 2.20. The molecule has 1 aromatic heterocycles. The third-order valence-electron chi connectivity index (χ3n) is 3.63. The summed E-state index contributed by atoms with van der Waals surface area (Å²) in [6.45, 7) is 6.60. The first-order chi connectivity index (χ1) is 11.0. The van der Waals surface area contributed by atoms with E-state index in [0.717, 1.165) is 42.5 Å². The first kappa shape index (κ1) is 16.9. The molecule has 5 nitrogen and oxygen atoms in total. The van der Waals surface area contributed by atoms with Gasteiger partial charge in [0.05, 0.1) is 0 Å². The van der Waals surface area contributed by atoms with Crippen molar-refractivity contribution >= 4 is 23.1 Å². The molecule has 1 heterocycles. The zero-order valence-corrected chi connectivity index (χ0v) is 14.3. The third kappa shape index (κ3) is 4.77. The summed E-state index contributed by atoms with van der Waals surface area (Å²) in [5.74, 6) is 2.46. The van der Waals surface area contributed by atoms with Crippen LogP contribution in [-0.2, 0) is 0 Å². The van der Waals surface area contributed by atoms with Crippen molar-refractivity contribution < 1.29 is 4.79 Å². The number of nitrogens with zero attached hydrogens (tertiary/aromatic N) is 3. The Kier molecular flexibility index (Phi) is 5.68. The zero-order valence-electron chi connectivity index (χ0n) is 14.3. The number of hydrogen-bond donors (Lipinski definition) is 1. The van der Waals surface area contributed by atoms with E-state index in [4.69, 9.17) is 0 Å². The molecular formula is C18H24N4O. The zero-order chi connectivity index (χ0) is 16.8. The van der Waals surface area contributed by atoms with Gasteiger partial charge in [0, 0.05) is 30.9 Å². The average Bonchev–Trinajstić information content (AvgIpc) is 2.52. The van der Waals surface area contributed by atoms with Crippen LogP contribution in [0.5, 0.6) is 0 Å². The lowest BCUT2D eigenvalue weighted by molar-refractivity contribution is 0.101. The molecule has 0 bridgehead atoms. The molecule has 0 fully saturated rings. The van der Waals surface area contributed by atoms with Crippen LogP contribution in [0.25, 0.3) is 0 Å².